The molecule has 0 radical (unpaired) electrons. The minimum atomic E-state index is 0.840. The number of hydrogen-bond donors (Lipinski definition) is 0. The van der Waals surface area contributed by atoms with E-state index in [-0.39, 0.29) is 0 Å². The van der Waals surface area contributed by atoms with Gasteiger partial charge in [-0.1, -0.05) is 19.7 Å². The zero-order valence-electron chi connectivity index (χ0n) is 8.58. The first kappa shape index (κ1) is 11.9. The van der Waals surface area contributed by atoms with E-state index in [0.717, 1.165) is 24.1 Å². The van der Waals surface area contributed by atoms with Crippen molar-refractivity contribution < 1.29 is 4.48 Å². The van der Waals surface area contributed by atoms with Crippen molar-refractivity contribution >= 4 is 0 Å². The lowest BCUT2D eigenvalue weighted by Gasteiger charge is -2.31. The maximum absolute atomic E-state index is 3.77. The number of hydrogen-bond acceptors (Lipinski definition) is 0. The van der Waals surface area contributed by atoms with Crippen LogP contribution in [-0.2, 0) is 0 Å². The van der Waals surface area contributed by atoms with Crippen LogP contribution in [0.2, 0.25) is 0 Å². The molecule has 1 heteroatoms. The summed E-state index contributed by atoms with van der Waals surface area (Å²) in [5.74, 6) is 0. The van der Waals surface area contributed by atoms with Crippen molar-refractivity contribution in [1.82, 2.24) is 0 Å². The third kappa shape index (κ3) is 3.90. The van der Waals surface area contributed by atoms with Gasteiger partial charge in [0.15, 0.2) is 0 Å². The van der Waals surface area contributed by atoms with Crippen LogP contribution in [0.5, 0.6) is 0 Å². The van der Waals surface area contributed by atoms with Crippen LogP contribution < -0.4 is 0 Å². The Bertz CT molecular complexity index is 175. The molecule has 0 heterocycles. The highest BCUT2D eigenvalue weighted by molar-refractivity contribution is 4.82. The van der Waals surface area contributed by atoms with E-state index >= 15 is 0 Å². The van der Waals surface area contributed by atoms with Crippen molar-refractivity contribution in [1.29, 1.82) is 0 Å². The van der Waals surface area contributed by atoms with Crippen LogP contribution in [0.1, 0.15) is 6.92 Å². The number of quaternary nitrogens is 1. The lowest BCUT2D eigenvalue weighted by molar-refractivity contribution is -0.861. The molecule has 0 aliphatic rings. The third-order valence-corrected chi connectivity index (χ3v) is 1.94. The van der Waals surface area contributed by atoms with Crippen molar-refractivity contribution in [3.8, 4) is 0 Å². The van der Waals surface area contributed by atoms with Crippen LogP contribution in [0.4, 0.5) is 0 Å². The molecule has 0 unspecified atom stereocenters. The topological polar surface area (TPSA) is 0 Å². The van der Waals surface area contributed by atoms with Crippen molar-refractivity contribution in [2.45, 2.75) is 6.92 Å². The van der Waals surface area contributed by atoms with Gasteiger partial charge in [0.05, 0.1) is 6.20 Å². The molecule has 1 nitrogen and oxygen atoms in total. The summed E-state index contributed by atoms with van der Waals surface area (Å²) in [4.78, 5) is 0. The van der Waals surface area contributed by atoms with Crippen LogP contribution in [-0.4, -0.2) is 24.1 Å². The summed E-state index contributed by atoms with van der Waals surface area (Å²) in [6.07, 6.45) is 10.1. The van der Waals surface area contributed by atoms with E-state index in [9.17, 15) is 0 Å². The molecule has 13 heavy (non-hydrogen) atoms. The van der Waals surface area contributed by atoms with Gasteiger partial charge in [-0.25, -0.2) is 0 Å². The average Bonchev–Trinajstić information content (AvgIpc) is 2.06. The molecule has 0 aromatic carbocycles. The van der Waals surface area contributed by atoms with Crippen LogP contribution in [0, 0.1) is 0 Å². The Labute approximate surface area is 82.0 Å². The molecule has 0 spiro atoms. The molecule has 72 valence electrons. The average molecular weight is 178 g/mol. The Morgan fingerprint density at radius 2 is 1.31 bits per heavy atom. The molecule has 0 N–H and O–H groups in total. The first-order valence-corrected chi connectivity index (χ1v) is 4.57. The van der Waals surface area contributed by atoms with E-state index in [1.807, 2.05) is 25.2 Å². The first-order chi connectivity index (χ1) is 6.24. The van der Waals surface area contributed by atoms with E-state index < -0.39 is 0 Å². The van der Waals surface area contributed by atoms with E-state index in [2.05, 4.69) is 32.0 Å². The second-order valence-electron chi connectivity index (χ2n) is 3.11. The first-order valence-electron chi connectivity index (χ1n) is 4.57. The lowest BCUT2D eigenvalue weighted by Crippen LogP contribution is -2.43. The summed E-state index contributed by atoms with van der Waals surface area (Å²) in [6.45, 7) is 16.1. The molecule has 0 aliphatic heterocycles. The van der Waals surface area contributed by atoms with Gasteiger partial charge in [0.1, 0.15) is 19.6 Å². The predicted molar refractivity (Wildman–Crippen MR) is 60.3 cm³/mol. The Kier molecular flexibility index (Phi) is 5.90. The minimum Gasteiger partial charge on any atom is -0.288 e. The Morgan fingerprint density at radius 1 is 0.923 bits per heavy atom. The van der Waals surface area contributed by atoms with E-state index in [1.54, 1.807) is 0 Å². The molecule has 0 aromatic heterocycles. The molecule has 0 atom stereocenters. The Morgan fingerprint density at radius 3 is 1.54 bits per heavy atom. The number of nitrogens with zero attached hydrogens (tertiary/aromatic N) is 1. The molecule has 0 aromatic rings. The summed E-state index contributed by atoms with van der Waals surface area (Å²) in [5.41, 5.74) is 0. The van der Waals surface area contributed by atoms with Crippen LogP contribution in [0.25, 0.3) is 0 Å². The summed E-state index contributed by atoms with van der Waals surface area (Å²) in [5, 5.41) is 0. The fraction of sp³-hybridized carbons (Fsp3) is 0.333. The second kappa shape index (κ2) is 6.44. The standard InChI is InChI=1S/C12H20N/c1-5-9-13(10-6-2,11-7-3)12-8-4/h5-8,12H,1-3,9-11H2,4H3/q+1. The molecule has 0 saturated carbocycles. The van der Waals surface area contributed by atoms with Gasteiger partial charge < -0.3 is 0 Å². The van der Waals surface area contributed by atoms with Gasteiger partial charge in [-0.2, -0.15) is 0 Å². The second-order valence-corrected chi connectivity index (χ2v) is 3.11. The van der Waals surface area contributed by atoms with Crippen LogP contribution in [0.3, 0.4) is 0 Å². The molecule has 0 fully saturated rings. The quantitative estimate of drug-likeness (QED) is 0.415. The smallest absolute Gasteiger partial charge is 0.102 e. The fourth-order valence-corrected chi connectivity index (χ4v) is 1.49. The molecule has 0 saturated heterocycles. The van der Waals surface area contributed by atoms with E-state index in [1.165, 1.54) is 0 Å². The number of allylic oxidation sites excluding steroid dienone is 1. The zero-order valence-corrected chi connectivity index (χ0v) is 8.58. The van der Waals surface area contributed by atoms with Gasteiger partial charge in [0.25, 0.3) is 0 Å². The summed E-state index contributed by atoms with van der Waals surface area (Å²) < 4.78 is 0.840. The Hall–Kier alpha value is -1.08. The van der Waals surface area contributed by atoms with Gasteiger partial charge in [-0.3, -0.25) is 4.48 Å². The molecule has 0 aliphatic carbocycles. The van der Waals surface area contributed by atoms with Gasteiger partial charge >= 0.3 is 0 Å². The normalized spacial score (nSPS) is 11.5. The molecule has 0 rings (SSSR count). The van der Waals surface area contributed by atoms with Crippen molar-refractivity contribution in [3.63, 3.8) is 0 Å². The van der Waals surface area contributed by atoms with Gasteiger partial charge in [0.2, 0.25) is 0 Å². The zero-order chi connectivity index (χ0) is 10.2. The molecular weight excluding hydrogens is 158 g/mol. The number of rotatable bonds is 7. The van der Waals surface area contributed by atoms with Gasteiger partial charge in [-0.15, -0.1) is 0 Å². The Balaban J connectivity index is 4.64. The highest BCUT2D eigenvalue weighted by Crippen LogP contribution is 2.09. The lowest BCUT2D eigenvalue weighted by atomic mass is 10.3. The van der Waals surface area contributed by atoms with Crippen LogP contribution in [0.15, 0.2) is 50.2 Å². The maximum atomic E-state index is 3.77. The molecule has 0 amide bonds. The third-order valence-electron chi connectivity index (χ3n) is 1.94. The van der Waals surface area contributed by atoms with E-state index in [4.69, 9.17) is 0 Å². The summed E-state index contributed by atoms with van der Waals surface area (Å²) in [7, 11) is 0. The monoisotopic (exact) mass is 178 g/mol. The summed E-state index contributed by atoms with van der Waals surface area (Å²) in [6, 6.07) is 0. The van der Waals surface area contributed by atoms with Gasteiger partial charge in [0, 0.05) is 0 Å². The predicted octanol–water partition coefficient (Wildman–Crippen LogP) is 2.89. The molecule has 0 bridgehead atoms. The fourth-order valence-electron chi connectivity index (χ4n) is 1.49. The van der Waals surface area contributed by atoms with Crippen molar-refractivity contribution in [3.05, 3.63) is 50.2 Å². The largest absolute Gasteiger partial charge is 0.288 e. The minimum absolute atomic E-state index is 0.840. The highest BCUT2D eigenvalue weighted by Gasteiger charge is 2.18. The van der Waals surface area contributed by atoms with Crippen molar-refractivity contribution in [2.75, 3.05) is 19.6 Å². The maximum Gasteiger partial charge on any atom is 0.102 e. The van der Waals surface area contributed by atoms with Crippen molar-refractivity contribution in [2.24, 2.45) is 0 Å². The highest BCUT2D eigenvalue weighted by atomic mass is 15.3. The van der Waals surface area contributed by atoms with Gasteiger partial charge in [-0.05, 0) is 31.2 Å². The van der Waals surface area contributed by atoms with Crippen LogP contribution >= 0.6 is 0 Å². The summed E-state index contributed by atoms with van der Waals surface area (Å²) >= 11 is 0. The van der Waals surface area contributed by atoms with E-state index in [0.29, 0.717) is 0 Å². The molecular formula is C12H20N+. The SMILES string of the molecule is C=CC[N+](C=CC)(CC=C)CC=C.